The number of nitrogen functional groups attached to an aromatic ring is 1. The lowest BCUT2D eigenvalue weighted by molar-refractivity contribution is -0.149. The third-order valence-corrected chi connectivity index (χ3v) is 10.9. The number of esters is 1. The zero-order chi connectivity index (χ0) is 31.9. The first-order valence-electron chi connectivity index (χ1n) is 13.1. The zero-order valence-corrected chi connectivity index (χ0v) is 26.0. The number of likely N-dealkylation sites (N-methyl/N-ethyl adjacent to an activating group) is 1. The molecule has 7 atom stereocenters. The molecule has 2 aliphatic rings. The van der Waals surface area contributed by atoms with Crippen LogP contribution >= 0.6 is 18.1 Å². The van der Waals surface area contributed by atoms with Gasteiger partial charge in [-0.2, -0.15) is 9.97 Å². The molecule has 2 aromatic heterocycles. The number of carbonyl (C=O) groups is 3. The number of urea groups is 1. The molecule has 2 aliphatic heterocycles. The van der Waals surface area contributed by atoms with Crippen molar-refractivity contribution in [1.82, 2.24) is 34.8 Å². The van der Waals surface area contributed by atoms with Crippen LogP contribution in [0, 0.1) is 0 Å². The highest BCUT2D eigenvalue weighted by molar-refractivity contribution is 8.56. The third kappa shape index (κ3) is 6.72. The first-order valence-corrected chi connectivity index (χ1v) is 16.3. The van der Waals surface area contributed by atoms with Gasteiger partial charge in [-0.25, -0.2) is 14.9 Å². The zero-order valence-electron chi connectivity index (χ0n) is 24.3. The third-order valence-electron chi connectivity index (χ3n) is 6.80. The fourth-order valence-electron chi connectivity index (χ4n) is 4.46. The molecule has 1 unspecified atom stereocenters. The minimum atomic E-state index is -4.05. The summed E-state index contributed by atoms with van der Waals surface area (Å²) >= 11 is 0.686. The summed E-state index contributed by atoms with van der Waals surface area (Å²) in [4.78, 5) is 50.1. The second-order valence-corrected chi connectivity index (χ2v) is 14.8. The van der Waals surface area contributed by atoms with Crippen LogP contribution in [0.3, 0.4) is 0 Å². The SMILES string of the molecule is COc1nc(N)nc2c1ncn2[C@@H]1O[C@H](CO[P@](=O)(N[C@H](C)C(=O)OC(C)C)SCC2C(=O)NC(=O)N2C)[C@@H](O)[C@@]1(C)O. The summed E-state index contributed by atoms with van der Waals surface area (Å²) in [6.45, 7) is 1.49. The lowest BCUT2D eigenvalue weighted by Gasteiger charge is -2.27. The summed E-state index contributed by atoms with van der Waals surface area (Å²) in [7, 11) is 2.79. The Labute approximate surface area is 250 Å². The molecule has 4 rings (SSSR count). The van der Waals surface area contributed by atoms with Crippen LogP contribution in [0.4, 0.5) is 10.7 Å². The number of aliphatic hydroxyl groups excluding tert-OH is 1. The second kappa shape index (κ2) is 12.5. The quantitative estimate of drug-likeness (QED) is 0.114. The number of ether oxygens (including phenoxy) is 3. The van der Waals surface area contributed by atoms with E-state index in [0.717, 1.165) is 4.90 Å². The maximum Gasteiger partial charge on any atom is 0.327 e. The van der Waals surface area contributed by atoms with Gasteiger partial charge in [0.05, 0.1) is 26.1 Å². The van der Waals surface area contributed by atoms with Crippen molar-refractivity contribution in [3.8, 4) is 5.88 Å². The van der Waals surface area contributed by atoms with Crippen LogP contribution in [0.15, 0.2) is 6.33 Å². The molecular formula is C23H35N8O10PS. The number of aliphatic hydroxyl groups is 2. The molecule has 43 heavy (non-hydrogen) atoms. The Kier molecular flexibility index (Phi) is 9.55. The van der Waals surface area contributed by atoms with Gasteiger partial charge in [-0.3, -0.25) is 24.0 Å². The van der Waals surface area contributed by atoms with Gasteiger partial charge in [0.1, 0.15) is 29.9 Å². The summed E-state index contributed by atoms with van der Waals surface area (Å²) < 4.78 is 37.5. The van der Waals surface area contributed by atoms with Gasteiger partial charge >= 0.3 is 18.7 Å². The molecule has 0 aliphatic carbocycles. The van der Waals surface area contributed by atoms with Crippen LogP contribution < -0.4 is 20.9 Å². The fraction of sp³-hybridized carbons (Fsp3) is 0.652. The van der Waals surface area contributed by atoms with Gasteiger partial charge in [0.15, 0.2) is 17.4 Å². The van der Waals surface area contributed by atoms with Crippen molar-refractivity contribution in [3.63, 3.8) is 0 Å². The summed E-state index contributed by atoms with van der Waals surface area (Å²) in [5.74, 6) is -1.46. The first-order chi connectivity index (χ1) is 20.1. The number of nitrogens with one attached hydrogen (secondary N) is 2. The van der Waals surface area contributed by atoms with Crippen LogP contribution in [-0.4, -0.2) is 115 Å². The lowest BCUT2D eigenvalue weighted by atomic mass is 9.96. The largest absolute Gasteiger partial charge is 0.479 e. The van der Waals surface area contributed by atoms with Crippen molar-refractivity contribution in [3.05, 3.63) is 6.33 Å². The average molecular weight is 647 g/mol. The number of hydrogen-bond donors (Lipinski definition) is 5. The van der Waals surface area contributed by atoms with Crippen LogP contribution in [-0.2, 0) is 28.2 Å². The fourth-order valence-corrected chi connectivity index (χ4v) is 8.43. The Bertz CT molecular complexity index is 1440. The second-order valence-electron chi connectivity index (χ2n) is 10.5. The van der Waals surface area contributed by atoms with Crippen LogP contribution in [0.2, 0.25) is 0 Å². The molecule has 238 valence electrons. The van der Waals surface area contributed by atoms with Gasteiger partial charge in [0.25, 0.3) is 5.91 Å². The number of imidazole rings is 1. The number of imide groups is 1. The van der Waals surface area contributed by atoms with Gasteiger partial charge in [0.2, 0.25) is 11.8 Å². The highest BCUT2D eigenvalue weighted by Crippen LogP contribution is 2.57. The molecule has 4 heterocycles. The normalized spacial score (nSPS) is 27.9. The van der Waals surface area contributed by atoms with Crippen molar-refractivity contribution < 1.29 is 47.9 Å². The number of hydrogen-bond acceptors (Lipinski definition) is 15. The number of fused-ring (bicyclic) bond motifs is 1. The first kappa shape index (κ1) is 32.8. The molecular weight excluding hydrogens is 611 g/mol. The van der Waals surface area contributed by atoms with Crippen molar-refractivity contribution in [2.75, 3.05) is 32.3 Å². The number of amides is 3. The Morgan fingerprint density at radius 2 is 2.05 bits per heavy atom. The number of rotatable bonds is 12. The lowest BCUT2D eigenvalue weighted by Crippen LogP contribution is -2.44. The van der Waals surface area contributed by atoms with E-state index in [2.05, 4.69) is 25.4 Å². The number of aromatic nitrogens is 4. The monoisotopic (exact) mass is 646 g/mol. The van der Waals surface area contributed by atoms with Gasteiger partial charge in [-0.15, -0.1) is 0 Å². The molecule has 0 spiro atoms. The highest BCUT2D eigenvalue weighted by Gasteiger charge is 2.54. The van der Waals surface area contributed by atoms with E-state index in [-0.39, 0.29) is 28.7 Å². The molecule has 0 saturated carbocycles. The Morgan fingerprint density at radius 1 is 1.35 bits per heavy atom. The standard InChI is InChI=1S/C23H35N8O10PS/c1-10(2)40-19(34)11(3)29-42(37,43-8-12-17(33)27-22(35)30(12)5)39-7-13-15(32)23(4,36)20(41-13)31-9-25-14-16(31)26-21(24)28-18(14)38-6/h9-13,15,20,32,36H,7-8H2,1-6H3,(H,29,37)(H2,24,26,28)(H,27,33,35)/t11-,12?,13-,15-,20-,23-,42-/m1/s1. The van der Waals surface area contributed by atoms with E-state index in [1.165, 1.54) is 38.9 Å². The van der Waals surface area contributed by atoms with Gasteiger partial charge in [-0.05, 0) is 27.7 Å². The predicted molar refractivity (Wildman–Crippen MR) is 152 cm³/mol. The molecule has 3 amide bonds. The minimum Gasteiger partial charge on any atom is -0.479 e. The van der Waals surface area contributed by atoms with Crippen molar-refractivity contribution in [2.45, 2.75) is 69.9 Å². The van der Waals surface area contributed by atoms with Crippen molar-refractivity contribution in [1.29, 1.82) is 0 Å². The Hall–Kier alpha value is -3.06. The number of anilines is 1. The van der Waals surface area contributed by atoms with E-state index in [0.29, 0.717) is 11.4 Å². The summed E-state index contributed by atoms with van der Waals surface area (Å²) in [5, 5.41) is 27.1. The number of carbonyl (C=O) groups excluding carboxylic acids is 3. The smallest absolute Gasteiger partial charge is 0.327 e. The van der Waals surface area contributed by atoms with Crippen LogP contribution in [0.1, 0.15) is 33.9 Å². The molecule has 2 aromatic rings. The van der Waals surface area contributed by atoms with Crippen molar-refractivity contribution >= 4 is 53.1 Å². The van der Waals surface area contributed by atoms with E-state index in [1.807, 2.05) is 0 Å². The van der Waals surface area contributed by atoms with E-state index >= 15 is 0 Å². The van der Waals surface area contributed by atoms with Gasteiger partial charge in [0, 0.05) is 12.8 Å². The molecule has 0 radical (unpaired) electrons. The highest BCUT2D eigenvalue weighted by atomic mass is 32.7. The Balaban J connectivity index is 1.54. The molecule has 18 nitrogen and oxygen atoms in total. The van der Waals surface area contributed by atoms with E-state index in [4.69, 9.17) is 24.5 Å². The molecule has 0 bridgehead atoms. The molecule has 20 heteroatoms. The van der Waals surface area contributed by atoms with Crippen LogP contribution in [0.5, 0.6) is 5.88 Å². The number of methoxy groups -OCH3 is 1. The predicted octanol–water partition coefficient (Wildman–Crippen LogP) is -0.236. The average Bonchev–Trinajstić information content (AvgIpc) is 3.52. The number of nitrogens with zero attached hydrogens (tertiary/aromatic N) is 5. The summed E-state index contributed by atoms with van der Waals surface area (Å²) in [6.07, 6.45) is -3.16. The van der Waals surface area contributed by atoms with Gasteiger partial charge < -0.3 is 39.6 Å². The molecule has 2 saturated heterocycles. The van der Waals surface area contributed by atoms with E-state index < -0.39 is 73.5 Å². The summed E-state index contributed by atoms with van der Waals surface area (Å²) in [6, 6.07) is -2.66. The van der Waals surface area contributed by atoms with E-state index in [1.54, 1.807) is 13.8 Å². The van der Waals surface area contributed by atoms with Gasteiger partial charge in [-0.1, -0.05) is 11.4 Å². The molecule has 0 aromatic carbocycles. The van der Waals surface area contributed by atoms with Crippen LogP contribution in [0.25, 0.3) is 11.2 Å². The minimum absolute atomic E-state index is 0.0942. The topological polar surface area (TPSA) is 243 Å². The van der Waals surface area contributed by atoms with E-state index in [9.17, 15) is 29.2 Å². The summed E-state index contributed by atoms with van der Waals surface area (Å²) in [5.41, 5.74) is 4.27. The number of nitrogens with two attached hydrogens (primary N) is 1. The molecule has 6 N–H and O–H groups in total. The Morgan fingerprint density at radius 3 is 2.65 bits per heavy atom. The maximum absolute atomic E-state index is 14.0. The maximum atomic E-state index is 14.0. The van der Waals surface area contributed by atoms with Crippen molar-refractivity contribution in [2.24, 2.45) is 0 Å². The molecule has 2 fully saturated rings.